The second kappa shape index (κ2) is 26.0. The largest absolute Gasteiger partial charge is 0.480 e. The number of carboxylic acids is 1. The van der Waals surface area contributed by atoms with E-state index in [0.717, 1.165) is 0 Å². The monoisotopic (exact) mass is 872 g/mol. The first kappa shape index (κ1) is 51.6. The number of aliphatic imine (C=N–C) groups is 2. The third-order valence-corrected chi connectivity index (χ3v) is 9.83. The van der Waals surface area contributed by atoms with Gasteiger partial charge in [-0.1, -0.05) is 44.2 Å². The van der Waals surface area contributed by atoms with Gasteiger partial charge in [-0.25, -0.2) is 4.79 Å². The normalized spacial score (nSPS) is 16.2. The predicted molar refractivity (Wildman–Crippen MR) is 229 cm³/mol. The predicted octanol–water partition coefficient (Wildman–Crippen LogP) is -4.02. The summed E-state index contributed by atoms with van der Waals surface area (Å²) in [6, 6.07) is 0.594. The summed E-state index contributed by atoms with van der Waals surface area (Å²) in [4.78, 5) is 114. The maximum atomic E-state index is 13.8. The minimum absolute atomic E-state index is 0.0107. The SMILES string of the molecule is CC(C)[C@H](NC(=O)[C@H](C)NC(=O)[C@H](C)NC(=O)[C@H](CCCN=C(N)N)NC(=O)[C@@H]1CCCN1C(=O)[C@H](CCCN=C(N)N)NC(=O)CN)C(=O)N[C@@H](Cc1ccccc1)C(=O)O. The van der Waals surface area contributed by atoms with Crippen molar-refractivity contribution >= 4 is 59.2 Å². The maximum absolute atomic E-state index is 13.8. The van der Waals surface area contributed by atoms with Gasteiger partial charge in [0, 0.05) is 26.1 Å². The molecule has 0 bridgehead atoms. The molecule has 7 amide bonds. The lowest BCUT2D eigenvalue weighted by Crippen LogP contribution is -2.59. The van der Waals surface area contributed by atoms with E-state index in [4.69, 9.17) is 28.7 Å². The summed E-state index contributed by atoms with van der Waals surface area (Å²) in [5.41, 5.74) is 27.8. The number of hydrogen-bond donors (Lipinski definition) is 12. The first-order valence-corrected chi connectivity index (χ1v) is 20.4. The average molecular weight is 873 g/mol. The highest BCUT2D eigenvalue weighted by atomic mass is 16.4. The van der Waals surface area contributed by atoms with Gasteiger partial charge in [-0.15, -0.1) is 0 Å². The van der Waals surface area contributed by atoms with E-state index in [-0.39, 0.29) is 70.2 Å². The van der Waals surface area contributed by atoms with E-state index in [2.05, 4.69) is 41.9 Å². The number of nitrogens with two attached hydrogens (primary N) is 5. The van der Waals surface area contributed by atoms with E-state index in [9.17, 15) is 43.5 Å². The van der Waals surface area contributed by atoms with E-state index < -0.39 is 95.5 Å². The number of nitrogens with one attached hydrogen (secondary N) is 6. The first-order valence-electron chi connectivity index (χ1n) is 20.4. The second-order valence-corrected chi connectivity index (χ2v) is 15.3. The molecule has 23 heteroatoms. The highest BCUT2D eigenvalue weighted by Crippen LogP contribution is 2.20. The van der Waals surface area contributed by atoms with E-state index in [1.807, 2.05) is 0 Å². The number of nitrogens with zero attached hydrogens (tertiary/aromatic N) is 3. The van der Waals surface area contributed by atoms with Gasteiger partial charge in [0.2, 0.25) is 41.4 Å². The molecule has 0 unspecified atom stereocenters. The molecule has 23 nitrogen and oxygen atoms in total. The van der Waals surface area contributed by atoms with Crippen LogP contribution in [0.2, 0.25) is 0 Å². The van der Waals surface area contributed by atoms with Gasteiger partial charge in [0.1, 0.15) is 42.3 Å². The molecule has 344 valence electrons. The minimum atomic E-state index is -1.27. The van der Waals surface area contributed by atoms with Crippen LogP contribution in [0, 0.1) is 5.92 Å². The fourth-order valence-corrected chi connectivity index (χ4v) is 6.47. The van der Waals surface area contributed by atoms with Crippen molar-refractivity contribution in [3.8, 4) is 0 Å². The van der Waals surface area contributed by atoms with E-state index in [0.29, 0.717) is 18.4 Å². The number of carboxylic acid groups (broad SMARTS) is 1. The number of carbonyl (C=O) groups excluding carboxylic acids is 7. The second-order valence-electron chi connectivity index (χ2n) is 15.3. The maximum Gasteiger partial charge on any atom is 0.326 e. The zero-order valence-electron chi connectivity index (χ0n) is 35.7. The molecule has 17 N–H and O–H groups in total. The molecule has 7 atom stereocenters. The van der Waals surface area contributed by atoms with Gasteiger partial charge < -0.3 is 70.6 Å². The van der Waals surface area contributed by atoms with Crippen LogP contribution >= 0.6 is 0 Å². The minimum Gasteiger partial charge on any atom is -0.480 e. The summed E-state index contributed by atoms with van der Waals surface area (Å²) in [5.74, 6) is -6.81. The molecule has 0 aromatic heterocycles. The number of amides is 7. The van der Waals surface area contributed by atoms with Gasteiger partial charge in [-0.05, 0) is 63.9 Å². The van der Waals surface area contributed by atoms with Gasteiger partial charge in [0.15, 0.2) is 11.9 Å². The lowest BCUT2D eigenvalue weighted by molar-refractivity contribution is -0.142. The van der Waals surface area contributed by atoms with Crippen molar-refractivity contribution in [2.24, 2.45) is 44.6 Å². The van der Waals surface area contributed by atoms with Gasteiger partial charge in [-0.3, -0.25) is 43.5 Å². The topological polar surface area (TPSA) is 387 Å². The highest BCUT2D eigenvalue weighted by Gasteiger charge is 2.39. The molecule has 62 heavy (non-hydrogen) atoms. The van der Waals surface area contributed by atoms with Crippen LogP contribution in [0.4, 0.5) is 0 Å². The first-order chi connectivity index (χ1) is 29.2. The molecule has 0 aliphatic carbocycles. The van der Waals surface area contributed by atoms with Crippen LogP contribution in [0.5, 0.6) is 0 Å². The number of likely N-dealkylation sites (tertiary alicyclic amines) is 1. The van der Waals surface area contributed by atoms with Crippen LogP contribution in [0.25, 0.3) is 0 Å². The zero-order valence-corrected chi connectivity index (χ0v) is 35.7. The van der Waals surface area contributed by atoms with Crippen molar-refractivity contribution in [1.82, 2.24) is 36.8 Å². The molecule has 1 aliphatic heterocycles. The fourth-order valence-electron chi connectivity index (χ4n) is 6.47. The number of hydrogen-bond acceptors (Lipinski definition) is 11. The van der Waals surface area contributed by atoms with Crippen LogP contribution in [-0.4, -0.2) is 138 Å². The van der Waals surface area contributed by atoms with Crippen LogP contribution in [0.15, 0.2) is 40.3 Å². The third kappa shape index (κ3) is 17.6. The van der Waals surface area contributed by atoms with Crippen molar-refractivity contribution < 1.29 is 43.5 Å². The Bertz CT molecular complexity index is 1770. The van der Waals surface area contributed by atoms with Crippen molar-refractivity contribution in [3.05, 3.63) is 35.9 Å². The molecular weight excluding hydrogens is 809 g/mol. The van der Waals surface area contributed by atoms with Gasteiger partial charge in [-0.2, -0.15) is 0 Å². The molecule has 1 aliphatic rings. The summed E-state index contributed by atoms with van der Waals surface area (Å²) >= 11 is 0. The van der Waals surface area contributed by atoms with E-state index in [1.54, 1.807) is 44.2 Å². The average Bonchev–Trinajstić information content (AvgIpc) is 3.71. The standard InChI is InChI=1S/C39H64N14O9/c1-21(2)30(35(59)51-27(37(61)62)19-24-11-6-5-7-12-24)52-32(56)23(4)47-31(55)22(3)48-33(57)25(13-8-16-45-38(41)42)50-34(58)28-15-10-18-53(28)36(60)26(49-29(54)20-40)14-9-17-46-39(43)44/h5-7,11-12,21-23,25-28,30H,8-10,13-20,40H2,1-4H3,(H,47,55)(H,48,57)(H,49,54)(H,50,58)(H,51,59)(H,52,56)(H,61,62)(H4,41,42,45)(H4,43,44,46)/t22-,23-,25-,26-,27-,28-,30-/m0/s1. The van der Waals surface area contributed by atoms with Crippen molar-refractivity contribution in [3.63, 3.8) is 0 Å². The number of guanidine groups is 2. The fraction of sp³-hybridized carbons (Fsp3) is 0.590. The Morgan fingerprint density at radius 2 is 1.26 bits per heavy atom. The Kier molecular flexibility index (Phi) is 21.6. The molecule has 0 saturated carbocycles. The molecule has 1 fully saturated rings. The van der Waals surface area contributed by atoms with Crippen molar-refractivity contribution in [2.75, 3.05) is 26.2 Å². The van der Waals surface area contributed by atoms with Crippen LogP contribution in [0.1, 0.15) is 71.8 Å². The van der Waals surface area contributed by atoms with Gasteiger partial charge in [0.25, 0.3) is 0 Å². The molecule has 1 saturated heterocycles. The summed E-state index contributed by atoms with van der Waals surface area (Å²) in [7, 11) is 0. The third-order valence-electron chi connectivity index (χ3n) is 9.83. The smallest absolute Gasteiger partial charge is 0.326 e. The summed E-state index contributed by atoms with van der Waals surface area (Å²) in [5, 5.41) is 25.1. The molecular formula is C39H64N14O9. The zero-order chi connectivity index (χ0) is 46.5. The lowest BCUT2D eigenvalue weighted by atomic mass is 10.0. The number of rotatable bonds is 25. The number of benzene rings is 1. The Morgan fingerprint density at radius 1 is 0.710 bits per heavy atom. The highest BCUT2D eigenvalue weighted by molar-refractivity contribution is 5.97. The Balaban J connectivity index is 2.13. The molecule has 0 spiro atoms. The number of carbonyl (C=O) groups is 8. The van der Waals surface area contributed by atoms with Crippen molar-refractivity contribution in [1.29, 1.82) is 0 Å². The summed E-state index contributed by atoms with van der Waals surface area (Å²) < 4.78 is 0. The van der Waals surface area contributed by atoms with Gasteiger partial charge >= 0.3 is 5.97 Å². The Labute approximate surface area is 360 Å². The summed E-state index contributed by atoms with van der Waals surface area (Å²) in [6.07, 6.45) is 1.46. The quantitative estimate of drug-likeness (QED) is 0.0253. The molecule has 1 aromatic rings. The van der Waals surface area contributed by atoms with E-state index >= 15 is 0 Å². The molecule has 1 aromatic carbocycles. The van der Waals surface area contributed by atoms with Gasteiger partial charge in [0.05, 0.1) is 6.54 Å². The van der Waals surface area contributed by atoms with Crippen molar-refractivity contribution in [2.45, 2.75) is 115 Å². The summed E-state index contributed by atoms with van der Waals surface area (Å²) in [6.45, 7) is 6.17. The molecule has 2 rings (SSSR count). The van der Waals surface area contributed by atoms with Crippen LogP contribution in [0.3, 0.4) is 0 Å². The Hall–Kier alpha value is -6.52. The van der Waals surface area contributed by atoms with Crippen LogP contribution < -0.4 is 60.6 Å². The van der Waals surface area contributed by atoms with E-state index in [1.165, 1.54) is 18.7 Å². The molecule has 0 radical (unpaired) electrons. The number of aliphatic carboxylic acids is 1. The molecule has 1 heterocycles. The lowest BCUT2D eigenvalue weighted by Gasteiger charge is -2.30. The van der Waals surface area contributed by atoms with Crippen LogP contribution in [-0.2, 0) is 44.8 Å². The Morgan fingerprint density at radius 3 is 1.79 bits per heavy atom.